The van der Waals surface area contributed by atoms with E-state index in [4.69, 9.17) is 4.74 Å². The largest absolute Gasteiger partial charge is 0.504 e. The Balaban J connectivity index is 1.51. The Bertz CT molecular complexity index is 1210. The summed E-state index contributed by atoms with van der Waals surface area (Å²) in [5.74, 6) is 0.0975. The third kappa shape index (κ3) is 5.06. The van der Waals surface area contributed by atoms with Crippen molar-refractivity contribution in [3.63, 3.8) is 0 Å². The van der Waals surface area contributed by atoms with Crippen molar-refractivity contribution in [2.45, 2.75) is 26.3 Å². The third-order valence-electron chi connectivity index (χ3n) is 5.76. The second-order valence-corrected chi connectivity index (χ2v) is 8.03. The number of phenolic OH excluding ortho intramolecular Hbond substituents is 1. The highest BCUT2D eigenvalue weighted by atomic mass is 16.5. The zero-order valence-corrected chi connectivity index (χ0v) is 19.1. The Labute approximate surface area is 197 Å². The van der Waals surface area contributed by atoms with Gasteiger partial charge in [-0.15, -0.1) is 0 Å². The van der Waals surface area contributed by atoms with Crippen LogP contribution in [0.3, 0.4) is 0 Å². The van der Waals surface area contributed by atoms with Crippen LogP contribution in [0.4, 0.5) is 5.69 Å². The average molecular weight is 459 g/mol. The number of rotatable bonds is 7. The minimum absolute atomic E-state index is 0.0263. The molecule has 1 atom stereocenters. The van der Waals surface area contributed by atoms with Gasteiger partial charge in [-0.05, 0) is 54.4 Å². The number of aromatic nitrogens is 1. The maximum atomic E-state index is 12.8. The Kier molecular flexibility index (Phi) is 6.87. The lowest BCUT2D eigenvalue weighted by molar-refractivity contribution is -0.133. The van der Waals surface area contributed by atoms with Gasteiger partial charge in [0.15, 0.2) is 11.5 Å². The second-order valence-electron chi connectivity index (χ2n) is 8.03. The van der Waals surface area contributed by atoms with Crippen molar-refractivity contribution in [2.24, 2.45) is 11.0 Å². The molecule has 8 nitrogen and oxygen atoms in total. The number of benzene rings is 2. The molecule has 34 heavy (non-hydrogen) atoms. The fourth-order valence-corrected chi connectivity index (χ4v) is 3.85. The highest BCUT2D eigenvalue weighted by molar-refractivity contribution is 6.06. The summed E-state index contributed by atoms with van der Waals surface area (Å²) < 4.78 is 5.13. The van der Waals surface area contributed by atoms with Crippen LogP contribution >= 0.6 is 0 Å². The van der Waals surface area contributed by atoms with Gasteiger partial charge in [0.25, 0.3) is 5.91 Å². The van der Waals surface area contributed by atoms with Gasteiger partial charge in [0.2, 0.25) is 5.91 Å². The Morgan fingerprint density at radius 1 is 1.21 bits per heavy atom. The van der Waals surface area contributed by atoms with E-state index in [1.165, 1.54) is 18.3 Å². The quantitative estimate of drug-likeness (QED) is 0.552. The van der Waals surface area contributed by atoms with Gasteiger partial charge in [0.1, 0.15) is 0 Å². The summed E-state index contributed by atoms with van der Waals surface area (Å²) in [6.45, 7) is 2.32. The summed E-state index contributed by atoms with van der Waals surface area (Å²) in [6.07, 6.45) is 4.23. The topological polar surface area (TPSA) is 104 Å². The summed E-state index contributed by atoms with van der Waals surface area (Å²) in [5, 5.41) is 19.2. The zero-order valence-electron chi connectivity index (χ0n) is 19.1. The van der Waals surface area contributed by atoms with Crippen LogP contribution < -0.4 is 10.1 Å². The first-order valence-electron chi connectivity index (χ1n) is 11.0. The van der Waals surface area contributed by atoms with E-state index in [0.717, 1.165) is 23.3 Å². The summed E-state index contributed by atoms with van der Waals surface area (Å²) in [7, 11) is 1.50. The highest BCUT2D eigenvalue weighted by Gasteiger charge is 2.29. The molecule has 2 N–H and O–H groups in total. The van der Waals surface area contributed by atoms with Crippen LogP contribution in [-0.4, -0.2) is 39.7 Å². The molecule has 4 rings (SSSR count). The highest BCUT2D eigenvalue weighted by Crippen LogP contribution is 2.31. The third-order valence-corrected chi connectivity index (χ3v) is 5.76. The number of nitrogens with zero attached hydrogens (tertiary/aromatic N) is 3. The number of hydrogen-bond donors (Lipinski definition) is 2. The smallest absolute Gasteiger partial charge is 0.257 e. The van der Waals surface area contributed by atoms with Crippen LogP contribution in [0.2, 0.25) is 0 Å². The molecular weight excluding hydrogens is 432 g/mol. The van der Waals surface area contributed by atoms with Crippen molar-refractivity contribution >= 4 is 23.2 Å². The molecule has 1 aliphatic heterocycles. The van der Waals surface area contributed by atoms with Gasteiger partial charge in [-0.2, -0.15) is 5.10 Å². The molecule has 3 aromatic rings. The van der Waals surface area contributed by atoms with Crippen molar-refractivity contribution in [2.75, 3.05) is 12.4 Å². The minimum Gasteiger partial charge on any atom is -0.504 e. The van der Waals surface area contributed by atoms with Gasteiger partial charge in [-0.3, -0.25) is 14.6 Å². The number of aromatic hydroxyl groups is 1. The van der Waals surface area contributed by atoms with Crippen LogP contribution in [0.15, 0.2) is 72.1 Å². The molecule has 1 aliphatic rings. The van der Waals surface area contributed by atoms with Crippen LogP contribution in [0.5, 0.6) is 11.5 Å². The lowest BCUT2D eigenvalue weighted by Crippen LogP contribution is -2.36. The molecule has 0 spiro atoms. The maximum Gasteiger partial charge on any atom is 0.257 e. The van der Waals surface area contributed by atoms with Crippen LogP contribution in [-0.2, 0) is 11.3 Å². The molecule has 8 heteroatoms. The van der Waals surface area contributed by atoms with E-state index < -0.39 is 0 Å². The number of hydrogen-bond acceptors (Lipinski definition) is 6. The molecule has 174 valence electrons. The molecule has 0 saturated heterocycles. The number of methoxy groups -OCH3 is 1. The predicted octanol–water partition coefficient (Wildman–Crippen LogP) is 4.21. The van der Waals surface area contributed by atoms with Crippen LogP contribution in [0.25, 0.3) is 0 Å². The Morgan fingerprint density at radius 3 is 2.65 bits per heavy atom. The molecule has 0 bridgehead atoms. The van der Waals surface area contributed by atoms with Gasteiger partial charge in [0.05, 0.1) is 24.9 Å². The fourth-order valence-electron chi connectivity index (χ4n) is 3.85. The molecule has 2 aromatic carbocycles. The summed E-state index contributed by atoms with van der Waals surface area (Å²) in [6, 6.07) is 15.8. The van der Waals surface area contributed by atoms with Crippen LogP contribution in [0, 0.1) is 5.92 Å². The lowest BCUT2D eigenvalue weighted by atomic mass is 9.89. The fraction of sp³-hybridized carbons (Fsp3) is 0.231. The number of hydrazone groups is 1. The lowest BCUT2D eigenvalue weighted by Gasteiger charge is -2.29. The molecule has 2 amide bonds. The molecule has 1 aromatic heterocycles. The number of ether oxygens (including phenoxy) is 1. The van der Waals surface area contributed by atoms with Crippen molar-refractivity contribution in [1.29, 1.82) is 0 Å². The predicted molar refractivity (Wildman–Crippen MR) is 129 cm³/mol. The first-order valence-corrected chi connectivity index (χ1v) is 11.0. The number of amides is 2. The number of nitrogens with one attached hydrogen (secondary N) is 1. The Morgan fingerprint density at radius 2 is 2.00 bits per heavy atom. The van der Waals surface area contributed by atoms with E-state index >= 15 is 0 Å². The van der Waals surface area contributed by atoms with Crippen LogP contribution in [0.1, 0.15) is 41.3 Å². The molecular formula is C26H26N4O4. The zero-order chi connectivity index (χ0) is 24.1. The summed E-state index contributed by atoms with van der Waals surface area (Å²) >= 11 is 0. The average Bonchev–Trinajstić information content (AvgIpc) is 2.86. The van der Waals surface area contributed by atoms with E-state index in [2.05, 4.69) is 15.4 Å². The van der Waals surface area contributed by atoms with E-state index in [1.54, 1.807) is 42.6 Å². The molecule has 0 fully saturated rings. The van der Waals surface area contributed by atoms with E-state index in [1.807, 2.05) is 25.1 Å². The maximum absolute atomic E-state index is 12.8. The minimum atomic E-state index is -0.241. The normalized spacial score (nSPS) is 15.6. The van der Waals surface area contributed by atoms with Crippen molar-refractivity contribution in [3.05, 3.63) is 83.7 Å². The van der Waals surface area contributed by atoms with Crippen molar-refractivity contribution in [3.8, 4) is 11.5 Å². The van der Waals surface area contributed by atoms with Gasteiger partial charge >= 0.3 is 0 Å². The van der Waals surface area contributed by atoms with Crippen molar-refractivity contribution in [1.82, 2.24) is 9.99 Å². The van der Waals surface area contributed by atoms with Gasteiger partial charge in [-0.1, -0.05) is 19.1 Å². The van der Waals surface area contributed by atoms with E-state index in [0.29, 0.717) is 30.0 Å². The summed E-state index contributed by atoms with van der Waals surface area (Å²) in [5.41, 5.74) is 3.52. The number of phenols is 1. The molecule has 0 aliphatic carbocycles. The van der Waals surface area contributed by atoms with Gasteiger partial charge in [-0.25, -0.2) is 5.01 Å². The molecule has 1 unspecified atom stereocenters. The SMILES string of the molecule is CCC1CC(=O)N(Cc2ccc(NC(=O)c3cccnc3)cc2)N=C1c1ccc(OC)c(O)c1. The number of carbonyl (C=O) groups is 2. The first kappa shape index (κ1) is 23.0. The summed E-state index contributed by atoms with van der Waals surface area (Å²) in [4.78, 5) is 29.0. The Hall–Kier alpha value is -4.20. The van der Waals surface area contributed by atoms with E-state index in [9.17, 15) is 14.7 Å². The molecule has 0 saturated carbocycles. The standard InChI is InChI=1S/C26H26N4O4/c1-3-18-14-24(32)30(29-25(18)19-8-11-23(34-2)22(31)13-19)16-17-6-9-21(10-7-17)28-26(33)20-5-4-12-27-15-20/h4-13,15,18,31H,3,14,16H2,1-2H3,(H,28,33). The number of carbonyl (C=O) groups excluding carboxylic acids is 2. The molecule has 2 heterocycles. The first-order chi connectivity index (χ1) is 16.5. The monoisotopic (exact) mass is 458 g/mol. The number of anilines is 1. The second kappa shape index (κ2) is 10.2. The molecule has 0 radical (unpaired) electrons. The number of pyridine rings is 1. The van der Waals surface area contributed by atoms with Gasteiger partial charge in [0, 0.05) is 36.0 Å². The van der Waals surface area contributed by atoms with Crippen molar-refractivity contribution < 1.29 is 19.4 Å². The van der Waals surface area contributed by atoms with Gasteiger partial charge < -0.3 is 15.2 Å². The van der Waals surface area contributed by atoms with E-state index in [-0.39, 0.29) is 23.5 Å².